The molecule has 0 bridgehead atoms. The third kappa shape index (κ3) is 6.35. The maximum absolute atomic E-state index is 12.6. The minimum absolute atomic E-state index is 0.0540. The van der Waals surface area contributed by atoms with Crippen molar-refractivity contribution in [3.63, 3.8) is 0 Å². The van der Waals surface area contributed by atoms with Crippen molar-refractivity contribution >= 4 is 10.1 Å². The molecule has 5 aromatic rings. The molecule has 0 amide bonds. The molecule has 0 radical (unpaired) electrons. The van der Waals surface area contributed by atoms with Gasteiger partial charge in [-0.25, -0.2) is 0 Å². The van der Waals surface area contributed by atoms with Crippen LogP contribution in [-0.2, 0) is 10.1 Å². The van der Waals surface area contributed by atoms with Gasteiger partial charge in [0.1, 0.15) is 5.75 Å². The van der Waals surface area contributed by atoms with Crippen molar-refractivity contribution in [1.82, 2.24) is 0 Å². The van der Waals surface area contributed by atoms with Gasteiger partial charge in [-0.05, 0) is 51.9 Å². The number of hydrogen-bond acceptors (Lipinski definition) is 3. The van der Waals surface area contributed by atoms with Gasteiger partial charge < -0.3 is 5.11 Å². The van der Waals surface area contributed by atoms with E-state index in [1.807, 2.05) is 74.5 Å². The van der Waals surface area contributed by atoms with Gasteiger partial charge in [-0.2, -0.15) is 8.42 Å². The van der Waals surface area contributed by atoms with Crippen molar-refractivity contribution in [1.29, 1.82) is 0 Å². The van der Waals surface area contributed by atoms with E-state index < -0.39 is 10.1 Å². The molecule has 0 spiro atoms. The number of phenolic OH excluding ortho intramolecular Hbond substituents is 1. The van der Waals surface area contributed by atoms with Crippen LogP contribution in [-0.4, -0.2) is 18.1 Å². The molecule has 4 nitrogen and oxygen atoms in total. The Morgan fingerprint density at radius 3 is 1.25 bits per heavy atom. The highest BCUT2D eigenvalue weighted by molar-refractivity contribution is 7.85. The van der Waals surface area contributed by atoms with Crippen molar-refractivity contribution < 1.29 is 18.1 Å². The molecule has 4 atom stereocenters. The lowest BCUT2D eigenvalue weighted by Gasteiger charge is -2.24. The number of phenols is 1. The van der Waals surface area contributed by atoms with E-state index in [1.165, 1.54) is 28.3 Å². The summed E-state index contributed by atoms with van der Waals surface area (Å²) in [5, 5.41) is 11.7. The van der Waals surface area contributed by atoms with Gasteiger partial charge in [-0.3, -0.25) is 4.55 Å². The van der Waals surface area contributed by atoms with Gasteiger partial charge in [0.25, 0.3) is 10.1 Å². The SMILES string of the molecule is Cc1c(S(=O)(=O)O)cc(C(C)c2ccc(C(C)c3ccccc3)cc2)c(O)c1C(C)c1ccc(C(C)c2ccccc2)cc1. The van der Waals surface area contributed by atoms with Gasteiger partial charge in [0.05, 0.1) is 4.90 Å². The normalized spacial score (nSPS) is 14.5. The number of benzene rings is 5. The van der Waals surface area contributed by atoms with Crippen LogP contribution < -0.4 is 0 Å². The number of aromatic hydroxyl groups is 1. The Balaban J connectivity index is 1.50. The van der Waals surface area contributed by atoms with Crippen LogP contribution in [0.25, 0.3) is 0 Å². The second kappa shape index (κ2) is 12.8. The van der Waals surface area contributed by atoms with Crippen molar-refractivity contribution in [3.8, 4) is 5.75 Å². The number of hydrogen-bond donors (Lipinski definition) is 2. The van der Waals surface area contributed by atoms with Gasteiger partial charge in [-0.15, -0.1) is 0 Å². The third-order valence-electron chi connectivity index (χ3n) is 9.24. The summed E-state index contributed by atoms with van der Waals surface area (Å²) in [4.78, 5) is -0.178. The quantitative estimate of drug-likeness (QED) is 0.164. The summed E-state index contributed by atoms with van der Waals surface area (Å²) >= 11 is 0. The van der Waals surface area contributed by atoms with Gasteiger partial charge >= 0.3 is 0 Å². The van der Waals surface area contributed by atoms with Gasteiger partial charge in [0.2, 0.25) is 0 Å². The molecule has 0 aliphatic carbocycles. The molecule has 5 heteroatoms. The second-order valence-corrected chi connectivity index (χ2v) is 13.3. The van der Waals surface area contributed by atoms with E-state index in [9.17, 15) is 18.1 Å². The Kier molecular flexibility index (Phi) is 9.10. The standard InChI is InChI=1S/C39H40O4S/c1-25(30-12-8-6-9-13-30)32-16-20-34(21-17-32)27(3)36-24-37(44(41,42)43)29(5)38(39(36)40)28(4)35-22-18-33(19-23-35)26(2)31-14-10-7-11-15-31/h6-28,40H,1-5H3,(H,41,42,43). The summed E-state index contributed by atoms with van der Waals surface area (Å²) in [6, 6.07) is 38.5. The van der Waals surface area contributed by atoms with Gasteiger partial charge in [-0.1, -0.05) is 137 Å². The lowest BCUT2D eigenvalue weighted by molar-refractivity contribution is 0.453. The average molecular weight is 605 g/mol. The van der Waals surface area contributed by atoms with Crippen LogP contribution in [0.3, 0.4) is 0 Å². The molecule has 5 rings (SSSR count). The Hall–Kier alpha value is -4.19. The lowest BCUT2D eigenvalue weighted by Crippen LogP contribution is -2.10. The van der Waals surface area contributed by atoms with E-state index in [-0.39, 0.29) is 34.3 Å². The molecule has 0 fully saturated rings. The molecule has 226 valence electrons. The molecule has 0 heterocycles. The summed E-state index contributed by atoms with van der Waals surface area (Å²) in [7, 11) is -4.53. The molecule has 0 aromatic heterocycles. The highest BCUT2D eigenvalue weighted by Gasteiger charge is 2.28. The molecular weight excluding hydrogens is 564 g/mol. The summed E-state index contributed by atoms with van der Waals surface area (Å²) in [6.07, 6.45) is 0. The molecule has 44 heavy (non-hydrogen) atoms. The lowest BCUT2D eigenvalue weighted by atomic mass is 9.83. The first kappa shape index (κ1) is 31.2. The first-order valence-electron chi connectivity index (χ1n) is 15.1. The second-order valence-electron chi connectivity index (χ2n) is 11.9. The highest BCUT2D eigenvalue weighted by atomic mass is 32.2. The molecule has 0 saturated heterocycles. The fourth-order valence-electron chi connectivity index (χ4n) is 6.27. The molecule has 4 unspecified atom stereocenters. The molecule has 0 aliphatic rings. The minimum atomic E-state index is -4.53. The summed E-state index contributed by atoms with van der Waals surface area (Å²) in [5.74, 6) is -0.157. The maximum Gasteiger partial charge on any atom is 0.294 e. The van der Waals surface area contributed by atoms with Crippen LogP contribution in [0.1, 0.15) is 101 Å². The van der Waals surface area contributed by atoms with Crippen LogP contribution >= 0.6 is 0 Å². The summed E-state index contributed by atoms with van der Waals surface area (Å²) in [5.41, 5.74) is 7.97. The van der Waals surface area contributed by atoms with Crippen molar-refractivity contribution in [2.75, 3.05) is 0 Å². The van der Waals surface area contributed by atoms with E-state index in [2.05, 4.69) is 62.4 Å². The van der Waals surface area contributed by atoms with E-state index in [0.717, 1.165) is 11.1 Å². The molecule has 5 aromatic carbocycles. The van der Waals surface area contributed by atoms with Crippen LogP contribution in [0.5, 0.6) is 5.75 Å². The van der Waals surface area contributed by atoms with E-state index in [1.54, 1.807) is 6.92 Å². The largest absolute Gasteiger partial charge is 0.507 e. The van der Waals surface area contributed by atoms with Crippen molar-refractivity contribution in [2.24, 2.45) is 0 Å². The molecule has 2 N–H and O–H groups in total. The first-order chi connectivity index (χ1) is 21.0. The predicted molar refractivity (Wildman–Crippen MR) is 178 cm³/mol. The van der Waals surface area contributed by atoms with Crippen LogP contribution in [0.15, 0.2) is 120 Å². The Labute approximate surface area is 261 Å². The first-order valence-corrected chi connectivity index (χ1v) is 16.5. The van der Waals surface area contributed by atoms with E-state index in [4.69, 9.17) is 0 Å². The van der Waals surface area contributed by atoms with Crippen molar-refractivity contribution in [2.45, 2.75) is 63.2 Å². The van der Waals surface area contributed by atoms with Gasteiger partial charge in [0, 0.05) is 34.8 Å². The zero-order valence-corrected chi connectivity index (χ0v) is 26.7. The number of rotatable bonds is 9. The third-order valence-corrected chi connectivity index (χ3v) is 10.2. The van der Waals surface area contributed by atoms with Crippen LogP contribution in [0.4, 0.5) is 0 Å². The zero-order chi connectivity index (χ0) is 31.6. The fourth-order valence-corrected chi connectivity index (χ4v) is 7.05. The molecule has 0 aliphatic heterocycles. The summed E-state index contributed by atoms with van der Waals surface area (Å²) in [6.45, 7) is 9.89. The minimum Gasteiger partial charge on any atom is -0.507 e. The van der Waals surface area contributed by atoms with Gasteiger partial charge in [0.15, 0.2) is 0 Å². The van der Waals surface area contributed by atoms with Crippen molar-refractivity contribution in [3.05, 3.63) is 165 Å². The topological polar surface area (TPSA) is 74.6 Å². The maximum atomic E-state index is 12.6. The predicted octanol–water partition coefficient (Wildman–Crippen LogP) is 9.55. The smallest absolute Gasteiger partial charge is 0.294 e. The van der Waals surface area contributed by atoms with Crippen LogP contribution in [0.2, 0.25) is 0 Å². The Bertz CT molecular complexity index is 1830. The Morgan fingerprint density at radius 2 is 0.864 bits per heavy atom. The monoisotopic (exact) mass is 604 g/mol. The molecule has 0 saturated carbocycles. The molecular formula is C39H40O4S. The van der Waals surface area contributed by atoms with Crippen LogP contribution in [0, 0.1) is 6.92 Å². The summed E-state index contributed by atoms with van der Waals surface area (Å²) < 4.78 is 35.4. The van der Waals surface area contributed by atoms with E-state index >= 15 is 0 Å². The van der Waals surface area contributed by atoms with E-state index in [0.29, 0.717) is 16.7 Å². The fraction of sp³-hybridized carbons (Fsp3) is 0.231. The Morgan fingerprint density at radius 1 is 0.523 bits per heavy atom. The average Bonchev–Trinajstić information content (AvgIpc) is 3.04. The zero-order valence-electron chi connectivity index (χ0n) is 25.9. The highest BCUT2D eigenvalue weighted by Crippen LogP contribution is 2.43.